The Kier molecular flexibility index (Phi) is 5.01. The molecule has 1 aromatic rings. The van der Waals surface area contributed by atoms with Gasteiger partial charge in [0.1, 0.15) is 0 Å². The Labute approximate surface area is 123 Å². The van der Waals surface area contributed by atoms with Crippen molar-refractivity contribution in [3.8, 4) is 0 Å². The zero-order chi connectivity index (χ0) is 14.5. The van der Waals surface area contributed by atoms with E-state index >= 15 is 0 Å². The molecule has 1 aliphatic carbocycles. The Morgan fingerprint density at radius 1 is 1.30 bits per heavy atom. The summed E-state index contributed by atoms with van der Waals surface area (Å²) in [5.41, 5.74) is 0.655. The van der Waals surface area contributed by atoms with E-state index in [1.807, 2.05) is 0 Å². The molecule has 0 unspecified atom stereocenters. The fourth-order valence-electron chi connectivity index (χ4n) is 2.65. The Morgan fingerprint density at radius 2 is 1.95 bits per heavy atom. The standard InChI is InChI=1S/C15H18ClNO3/c16-12-8-4-3-7-11(12)13(9-14(18)19)17-15(20)10-5-1-2-6-10/h3-4,7-8,10,13H,1-2,5-6,9H2,(H,17,20)(H,18,19)/t13-/m1/s1. The summed E-state index contributed by atoms with van der Waals surface area (Å²) in [5, 5.41) is 12.3. The van der Waals surface area contributed by atoms with Crippen LogP contribution in [0.4, 0.5) is 0 Å². The highest BCUT2D eigenvalue weighted by Crippen LogP contribution is 2.28. The van der Waals surface area contributed by atoms with Crippen LogP contribution in [-0.2, 0) is 9.59 Å². The van der Waals surface area contributed by atoms with E-state index in [0.717, 1.165) is 25.7 Å². The molecule has 2 N–H and O–H groups in total. The van der Waals surface area contributed by atoms with Crippen molar-refractivity contribution >= 4 is 23.5 Å². The van der Waals surface area contributed by atoms with Crippen LogP contribution >= 0.6 is 11.6 Å². The molecular formula is C15H18ClNO3. The van der Waals surface area contributed by atoms with E-state index in [2.05, 4.69) is 5.32 Å². The molecular weight excluding hydrogens is 278 g/mol. The molecule has 0 bridgehead atoms. The molecule has 0 aromatic heterocycles. The molecule has 2 rings (SSSR count). The van der Waals surface area contributed by atoms with E-state index in [4.69, 9.17) is 16.7 Å². The van der Waals surface area contributed by atoms with Gasteiger partial charge in [0.15, 0.2) is 0 Å². The van der Waals surface area contributed by atoms with Crippen LogP contribution in [-0.4, -0.2) is 17.0 Å². The highest BCUT2D eigenvalue weighted by molar-refractivity contribution is 6.31. The maximum Gasteiger partial charge on any atom is 0.305 e. The van der Waals surface area contributed by atoms with Crippen molar-refractivity contribution in [1.29, 1.82) is 0 Å². The normalized spacial score (nSPS) is 16.9. The first kappa shape index (κ1) is 14.9. The van der Waals surface area contributed by atoms with Crippen LogP contribution < -0.4 is 5.32 Å². The summed E-state index contributed by atoms with van der Waals surface area (Å²) in [6.07, 6.45) is 3.73. The van der Waals surface area contributed by atoms with Crippen molar-refractivity contribution in [3.05, 3.63) is 34.9 Å². The van der Waals surface area contributed by atoms with Crippen LogP contribution in [0.2, 0.25) is 5.02 Å². The molecule has 1 aliphatic rings. The number of hydrogen-bond acceptors (Lipinski definition) is 2. The van der Waals surface area contributed by atoms with Crippen molar-refractivity contribution in [3.63, 3.8) is 0 Å². The third-order valence-electron chi connectivity index (χ3n) is 3.70. The Morgan fingerprint density at radius 3 is 2.55 bits per heavy atom. The maximum atomic E-state index is 12.2. The monoisotopic (exact) mass is 295 g/mol. The van der Waals surface area contributed by atoms with E-state index in [0.29, 0.717) is 10.6 Å². The first-order valence-corrected chi connectivity index (χ1v) is 7.22. The zero-order valence-electron chi connectivity index (χ0n) is 11.1. The van der Waals surface area contributed by atoms with Crippen molar-refractivity contribution in [2.75, 3.05) is 0 Å². The van der Waals surface area contributed by atoms with Gasteiger partial charge in [0.25, 0.3) is 0 Å². The summed E-state index contributed by atoms with van der Waals surface area (Å²) >= 11 is 6.10. The van der Waals surface area contributed by atoms with Crippen molar-refractivity contribution < 1.29 is 14.7 Å². The molecule has 5 heteroatoms. The largest absolute Gasteiger partial charge is 0.481 e. The van der Waals surface area contributed by atoms with E-state index in [1.54, 1.807) is 24.3 Å². The van der Waals surface area contributed by atoms with Crippen LogP contribution in [0.5, 0.6) is 0 Å². The summed E-state index contributed by atoms with van der Waals surface area (Å²) < 4.78 is 0. The summed E-state index contributed by atoms with van der Waals surface area (Å²) in [7, 11) is 0. The van der Waals surface area contributed by atoms with E-state index in [9.17, 15) is 9.59 Å². The topological polar surface area (TPSA) is 66.4 Å². The number of nitrogens with one attached hydrogen (secondary N) is 1. The maximum absolute atomic E-state index is 12.2. The third-order valence-corrected chi connectivity index (χ3v) is 4.05. The van der Waals surface area contributed by atoms with Gasteiger partial charge in [0.05, 0.1) is 12.5 Å². The molecule has 0 radical (unpaired) electrons. The zero-order valence-corrected chi connectivity index (χ0v) is 11.9. The Bertz CT molecular complexity index is 498. The minimum atomic E-state index is -0.957. The van der Waals surface area contributed by atoms with Gasteiger partial charge in [-0.05, 0) is 24.5 Å². The van der Waals surface area contributed by atoms with E-state index in [-0.39, 0.29) is 18.2 Å². The van der Waals surface area contributed by atoms with Crippen molar-refractivity contribution in [1.82, 2.24) is 5.32 Å². The lowest BCUT2D eigenvalue weighted by Crippen LogP contribution is -2.34. The van der Waals surface area contributed by atoms with Gasteiger partial charge in [-0.15, -0.1) is 0 Å². The smallest absolute Gasteiger partial charge is 0.305 e. The molecule has 1 aromatic carbocycles. The number of carboxylic acid groups (broad SMARTS) is 1. The predicted octanol–water partition coefficient (Wildman–Crippen LogP) is 3.16. The number of carboxylic acids is 1. The number of hydrogen-bond donors (Lipinski definition) is 2. The van der Waals surface area contributed by atoms with Gasteiger partial charge in [-0.1, -0.05) is 42.6 Å². The van der Waals surface area contributed by atoms with Gasteiger partial charge in [0, 0.05) is 10.9 Å². The van der Waals surface area contributed by atoms with E-state index < -0.39 is 12.0 Å². The molecule has 1 saturated carbocycles. The lowest BCUT2D eigenvalue weighted by atomic mass is 10.0. The number of benzene rings is 1. The average molecular weight is 296 g/mol. The minimum absolute atomic E-state index is 0.00813. The molecule has 1 fully saturated rings. The molecule has 0 heterocycles. The number of aliphatic carboxylic acids is 1. The molecule has 0 saturated heterocycles. The minimum Gasteiger partial charge on any atom is -0.481 e. The molecule has 20 heavy (non-hydrogen) atoms. The van der Waals surface area contributed by atoms with Gasteiger partial charge >= 0.3 is 5.97 Å². The highest BCUT2D eigenvalue weighted by Gasteiger charge is 2.27. The summed E-state index contributed by atoms with van der Waals surface area (Å²) in [6.45, 7) is 0. The summed E-state index contributed by atoms with van der Waals surface area (Å²) in [4.78, 5) is 23.2. The highest BCUT2D eigenvalue weighted by atomic mass is 35.5. The predicted molar refractivity (Wildman–Crippen MR) is 76.5 cm³/mol. The lowest BCUT2D eigenvalue weighted by Gasteiger charge is -2.20. The Balaban J connectivity index is 2.13. The van der Waals surface area contributed by atoms with Crippen molar-refractivity contribution in [2.24, 2.45) is 5.92 Å². The quantitative estimate of drug-likeness (QED) is 0.877. The van der Waals surface area contributed by atoms with Crippen LogP contribution in [0.15, 0.2) is 24.3 Å². The van der Waals surface area contributed by atoms with Gasteiger partial charge in [-0.3, -0.25) is 9.59 Å². The van der Waals surface area contributed by atoms with Crippen LogP contribution in [0.3, 0.4) is 0 Å². The van der Waals surface area contributed by atoms with Gasteiger partial charge in [0.2, 0.25) is 5.91 Å². The number of carbonyl (C=O) groups excluding carboxylic acids is 1. The molecule has 108 valence electrons. The second-order valence-electron chi connectivity index (χ2n) is 5.16. The SMILES string of the molecule is O=C(O)C[C@@H](NC(=O)C1CCCC1)c1ccccc1Cl. The third kappa shape index (κ3) is 3.73. The number of carbonyl (C=O) groups is 2. The van der Waals surface area contributed by atoms with Crippen LogP contribution in [0, 0.1) is 5.92 Å². The van der Waals surface area contributed by atoms with Crippen LogP contribution in [0.1, 0.15) is 43.7 Å². The molecule has 0 aliphatic heterocycles. The average Bonchev–Trinajstić information content (AvgIpc) is 2.92. The summed E-state index contributed by atoms with van der Waals surface area (Å²) in [6, 6.07) is 6.45. The summed E-state index contributed by atoms with van der Waals surface area (Å²) in [5.74, 6) is -1.01. The second kappa shape index (κ2) is 6.75. The fourth-order valence-corrected chi connectivity index (χ4v) is 2.92. The molecule has 1 amide bonds. The first-order chi connectivity index (χ1) is 9.58. The van der Waals surface area contributed by atoms with Crippen molar-refractivity contribution in [2.45, 2.75) is 38.1 Å². The second-order valence-corrected chi connectivity index (χ2v) is 5.57. The molecule has 4 nitrogen and oxygen atoms in total. The number of halogens is 1. The first-order valence-electron chi connectivity index (χ1n) is 6.84. The number of amides is 1. The lowest BCUT2D eigenvalue weighted by molar-refractivity contribution is -0.137. The van der Waals surface area contributed by atoms with Gasteiger partial charge in [-0.2, -0.15) is 0 Å². The molecule has 0 spiro atoms. The van der Waals surface area contributed by atoms with Crippen LogP contribution in [0.25, 0.3) is 0 Å². The number of rotatable bonds is 5. The van der Waals surface area contributed by atoms with Gasteiger partial charge < -0.3 is 10.4 Å². The van der Waals surface area contributed by atoms with Gasteiger partial charge in [-0.25, -0.2) is 0 Å². The van der Waals surface area contributed by atoms with E-state index in [1.165, 1.54) is 0 Å². The molecule has 1 atom stereocenters. The fraction of sp³-hybridized carbons (Fsp3) is 0.467. The Hall–Kier alpha value is -1.55.